The molecule has 0 nitrogen and oxygen atoms in total. The van der Waals surface area contributed by atoms with Crippen LogP contribution in [0.25, 0.3) is 16.6 Å². The zero-order valence-electron chi connectivity index (χ0n) is 11.1. The van der Waals surface area contributed by atoms with Crippen LogP contribution in [-0.2, 0) is 0 Å². The lowest BCUT2D eigenvalue weighted by Gasteiger charge is -2.18. The van der Waals surface area contributed by atoms with Crippen molar-refractivity contribution >= 4 is 16.6 Å². The molecule has 0 saturated heterocycles. The highest BCUT2D eigenvalue weighted by Gasteiger charge is 2.12. The van der Waals surface area contributed by atoms with Gasteiger partial charge in [-0.15, -0.1) is 0 Å². The van der Waals surface area contributed by atoms with E-state index in [-0.39, 0.29) is 5.83 Å². The lowest BCUT2D eigenvalue weighted by molar-refractivity contribution is 0.417. The Labute approximate surface area is 114 Å². The molecular formula is C18H19F. The summed E-state index contributed by atoms with van der Waals surface area (Å²) in [5.74, 6) is 0.373. The minimum atomic E-state index is -0.0577. The number of rotatable bonds is 2. The maximum absolute atomic E-state index is 14.3. The first-order valence-corrected chi connectivity index (χ1v) is 7.19. The van der Waals surface area contributed by atoms with Crippen LogP contribution in [0.3, 0.4) is 0 Å². The number of halogens is 1. The molecular weight excluding hydrogens is 235 g/mol. The molecule has 0 bridgehead atoms. The smallest absolute Gasteiger partial charge is 0.126 e. The minimum absolute atomic E-state index is 0.0577. The molecule has 1 saturated carbocycles. The highest BCUT2D eigenvalue weighted by molar-refractivity contribution is 5.85. The standard InChI is InChI=1S/C18H19F/c19-18(12-14-6-2-1-3-7-14)17-11-10-15-8-4-5-9-16(15)13-17/h4-5,8-14H,1-3,6-7H2/b18-12+. The Morgan fingerprint density at radius 3 is 2.47 bits per heavy atom. The second-order valence-electron chi connectivity index (χ2n) is 5.47. The minimum Gasteiger partial charge on any atom is -0.207 e. The highest BCUT2D eigenvalue weighted by Crippen LogP contribution is 2.29. The third kappa shape index (κ3) is 2.86. The van der Waals surface area contributed by atoms with E-state index in [2.05, 4.69) is 6.07 Å². The summed E-state index contributed by atoms with van der Waals surface area (Å²) < 4.78 is 14.3. The summed E-state index contributed by atoms with van der Waals surface area (Å²) in [6, 6.07) is 13.9. The Balaban J connectivity index is 1.87. The lowest BCUT2D eigenvalue weighted by atomic mass is 9.88. The van der Waals surface area contributed by atoms with Gasteiger partial charge in [0.1, 0.15) is 5.83 Å². The average Bonchev–Trinajstić information content (AvgIpc) is 2.48. The van der Waals surface area contributed by atoms with Crippen LogP contribution in [0, 0.1) is 5.92 Å². The van der Waals surface area contributed by atoms with Gasteiger partial charge < -0.3 is 0 Å². The van der Waals surface area contributed by atoms with Crippen LogP contribution in [-0.4, -0.2) is 0 Å². The van der Waals surface area contributed by atoms with Crippen LogP contribution in [0.15, 0.2) is 48.5 Å². The molecule has 0 amide bonds. The number of allylic oxidation sites excluding steroid dienone is 1. The van der Waals surface area contributed by atoms with E-state index in [1.54, 1.807) is 0 Å². The van der Waals surface area contributed by atoms with Crippen LogP contribution in [0.4, 0.5) is 4.39 Å². The molecule has 0 aliphatic heterocycles. The summed E-state index contributed by atoms with van der Waals surface area (Å²) in [6.07, 6.45) is 7.91. The summed E-state index contributed by atoms with van der Waals surface area (Å²) in [4.78, 5) is 0. The van der Waals surface area contributed by atoms with Gasteiger partial charge in [0.05, 0.1) is 0 Å². The molecule has 0 radical (unpaired) electrons. The van der Waals surface area contributed by atoms with E-state index in [0.29, 0.717) is 11.5 Å². The first-order chi connectivity index (χ1) is 9.33. The van der Waals surface area contributed by atoms with E-state index in [1.807, 2.05) is 42.5 Å². The fourth-order valence-corrected chi connectivity index (χ4v) is 2.94. The molecule has 0 spiro atoms. The molecule has 3 rings (SSSR count). The second-order valence-corrected chi connectivity index (χ2v) is 5.47. The molecule has 1 heteroatoms. The normalized spacial score (nSPS) is 17.8. The van der Waals surface area contributed by atoms with Crippen molar-refractivity contribution in [3.63, 3.8) is 0 Å². The fraction of sp³-hybridized carbons (Fsp3) is 0.333. The van der Waals surface area contributed by atoms with Crippen molar-refractivity contribution in [1.29, 1.82) is 0 Å². The van der Waals surface area contributed by atoms with Crippen molar-refractivity contribution < 1.29 is 4.39 Å². The monoisotopic (exact) mass is 254 g/mol. The van der Waals surface area contributed by atoms with Gasteiger partial charge >= 0.3 is 0 Å². The maximum Gasteiger partial charge on any atom is 0.126 e. The van der Waals surface area contributed by atoms with Crippen LogP contribution in [0.5, 0.6) is 0 Å². The van der Waals surface area contributed by atoms with Gasteiger partial charge in [-0.3, -0.25) is 0 Å². The van der Waals surface area contributed by atoms with Gasteiger partial charge in [0.25, 0.3) is 0 Å². The van der Waals surface area contributed by atoms with E-state index in [9.17, 15) is 4.39 Å². The van der Waals surface area contributed by atoms with E-state index in [0.717, 1.165) is 23.6 Å². The molecule has 0 atom stereocenters. The summed E-state index contributed by atoms with van der Waals surface area (Å²) in [6.45, 7) is 0. The quantitative estimate of drug-likeness (QED) is 0.642. The number of hydrogen-bond acceptors (Lipinski definition) is 0. The predicted octanol–water partition coefficient (Wildman–Crippen LogP) is 5.73. The Morgan fingerprint density at radius 2 is 1.68 bits per heavy atom. The maximum atomic E-state index is 14.3. The second kappa shape index (κ2) is 5.56. The first kappa shape index (κ1) is 12.4. The molecule has 0 heterocycles. The Morgan fingerprint density at radius 1 is 0.947 bits per heavy atom. The molecule has 2 aromatic rings. The van der Waals surface area contributed by atoms with E-state index in [1.165, 1.54) is 19.3 Å². The van der Waals surface area contributed by atoms with Crippen molar-refractivity contribution in [2.45, 2.75) is 32.1 Å². The molecule has 1 fully saturated rings. The van der Waals surface area contributed by atoms with E-state index in [4.69, 9.17) is 0 Å². The van der Waals surface area contributed by atoms with Crippen LogP contribution in [0.2, 0.25) is 0 Å². The van der Waals surface area contributed by atoms with Crippen molar-refractivity contribution in [2.24, 2.45) is 5.92 Å². The van der Waals surface area contributed by atoms with E-state index < -0.39 is 0 Å². The largest absolute Gasteiger partial charge is 0.207 e. The molecule has 0 unspecified atom stereocenters. The lowest BCUT2D eigenvalue weighted by Crippen LogP contribution is -2.03. The molecule has 0 N–H and O–H groups in total. The SMILES string of the molecule is F/C(=C/C1CCCCC1)c1ccc2ccccc2c1. The molecule has 19 heavy (non-hydrogen) atoms. The molecule has 1 aliphatic rings. The van der Waals surface area contributed by atoms with Crippen molar-refractivity contribution in [2.75, 3.05) is 0 Å². The molecule has 2 aromatic carbocycles. The van der Waals surface area contributed by atoms with Gasteiger partial charge in [0.2, 0.25) is 0 Å². The summed E-state index contributed by atoms with van der Waals surface area (Å²) in [7, 11) is 0. The highest BCUT2D eigenvalue weighted by atomic mass is 19.1. The van der Waals surface area contributed by atoms with Crippen LogP contribution < -0.4 is 0 Å². The average molecular weight is 254 g/mol. The topological polar surface area (TPSA) is 0 Å². The number of fused-ring (bicyclic) bond motifs is 1. The van der Waals surface area contributed by atoms with Gasteiger partial charge in [-0.05, 0) is 41.7 Å². The Bertz CT molecular complexity index is 591. The third-order valence-electron chi connectivity index (χ3n) is 4.06. The van der Waals surface area contributed by atoms with Gasteiger partial charge in [-0.2, -0.15) is 0 Å². The first-order valence-electron chi connectivity index (χ1n) is 7.19. The number of benzene rings is 2. The summed E-state index contributed by atoms with van der Waals surface area (Å²) in [5, 5.41) is 2.27. The zero-order valence-corrected chi connectivity index (χ0v) is 11.1. The third-order valence-corrected chi connectivity index (χ3v) is 4.06. The summed E-state index contributed by atoms with van der Waals surface area (Å²) >= 11 is 0. The van der Waals surface area contributed by atoms with Crippen molar-refractivity contribution in [3.05, 3.63) is 54.1 Å². The summed E-state index contributed by atoms with van der Waals surface area (Å²) in [5.41, 5.74) is 0.712. The van der Waals surface area contributed by atoms with Gasteiger partial charge in [0.15, 0.2) is 0 Å². The zero-order chi connectivity index (χ0) is 13.1. The molecule has 1 aliphatic carbocycles. The molecule has 98 valence electrons. The Hall–Kier alpha value is -1.63. The number of hydrogen-bond donors (Lipinski definition) is 0. The van der Waals surface area contributed by atoms with Crippen molar-refractivity contribution in [3.8, 4) is 0 Å². The van der Waals surface area contributed by atoms with Gasteiger partial charge in [0, 0.05) is 5.56 Å². The van der Waals surface area contributed by atoms with Gasteiger partial charge in [-0.1, -0.05) is 55.7 Å². The Kier molecular flexibility index (Phi) is 3.63. The van der Waals surface area contributed by atoms with Crippen molar-refractivity contribution in [1.82, 2.24) is 0 Å². The van der Waals surface area contributed by atoms with Gasteiger partial charge in [-0.25, -0.2) is 4.39 Å². The van der Waals surface area contributed by atoms with Crippen LogP contribution >= 0.6 is 0 Å². The predicted molar refractivity (Wildman–Crippen MR) is 79.6 cm³/mol. The van der Waals surface area contributed by atoms with Crippen LogP contribution in [0.1, 0.15) is 37.7 Å². The fourth-order valence-electron chi connectivity index (χ4n) is 2.94. The molecule has 0 aromatic heterocycles. The van der Waals surface area contributed by atoms with E-state index >= 15 is 0 Å².